The fraction of sp³-hybridized carbons (Fsp3) is 0.500. The third-order valence-electron chi connectivity index (χ3n) is 2.60. The molecule has 4 heteroatoms. The Morgan fingerprint density at radius 3 is 2.39 bits per heavy atom. The number of Topliss-reactive ketones (excluding diaryl/α,β-unsaturated/α-hetero) is 1. The molecule has 0 aliphatic heterocycles. The summed E-state index contributed by atoms with van der Waals surface area (Å²) in [5, 5.41) is 0. The Hall–Kier alpha value is -1.29. The summed E-state index contributed by atoms with van der Waals surface area (Å²) in [4.78, 5) is 11.5. The van der Waals surface area contributed by atoms with E-state index in [4.69, 9.17) is 0 Å². The van der Waals surface area contributed by atoms with E-state index in [-0.39, 0.29) is 18.8 Å². The number of ether oxygens (including phenoxy) is 1. The molecule has 0 spiro atoms. The Morgan fingerprint density at radius 1 is 1.22 bits per heavy atom. The predicted octanol–water partition coefficient (Wildman–Crippen LogP) is 3.03. The van der Waals surface area contributed by atoms with E-state index < -0.39 is 13.0 Å². The quantitative estimate of drug-likeness (QED) is 0.668. The molecule has 2 nitrogen and oxygen atoms in total. The number of alkyl halides is 2. The van der Waals surface area contributed by atoms with E-state index in [1.165, 1.54) is 5.56 Å². The van der Waals surface area contributed by atoms with Gasteiger partial charge in [-0.1, -0.05) is 31.2 Å². The Kier molecular flexibility index (Phi) is 6.50. The fourth-order valence-electron chi connectivity index (χ4n) is 1.57. The summed E-state index contributed by atoms with van der Waals surface area (Å²) in [6.07, 6.45) is -0.985. The van der Waals surface area contributed by atoms with Crippen LogP contribution >= 0.6 is 0 Å². The second kappa shape index (κ2) is 7.93. The highest BCUT2D eigenvalue weighted by molar-refractivity contribution is 5.80. The summed E-state index contributed by atoms with van der Waals surface area (Å²) in [5.41, 5.74) is 2.18. The number of benzene rings is 1. The largest absolute Gasteiger partial charge is 0.375 e. The van der Waals surface area contributed by atoms with Crippen LogP contribution in [0, 0.1) is 0 Å². The van der Waals surface area contributed by atoms with Crippen molar-refractivity contribution in [2.75, 3.05) is 13.2 Å². The van der Waals surface area contributed by atoms with Crippen LogP contribution in [-0.2, 0) is 22.4 Å². The summed E-state index contributed by atoms with van der Waals surface area (Å²) in [6.45, 7) is 1.54. The average molecular weight is 256 g/mol. The van der Waals surface area contributed by atoms with Crippen LogP contribution in [0.5, 0.6) is 0 Å². The van der Waals surface area contributed by atoms with Crippen LogP contribution in [0.25, 0.3) is 0 Å². The van der Waals surface area contributed by atoms with E-state index >= 15 is 0 Å². The zero-order chi connectivity index (χ0) is 13.4. The van der Waals surface area contributed by atoms with Crippen LogP contribution in [0.3, 0.4) is 0 Å². The van der Waals surface area contributed by atoms with Crippen molar-refractivity contribution in [2.45, 2.75) is 32.6 Å². The Balaban J connectivity index is 2.26. The minimum absolute atomic E-state index is 0.00788. The first kappa shape index (κ1) is 14.8. The number of ketones is 1. The lowest BCUT2D eigenvalue weighted by Gasteiger charge is -2.04. The minimum atomic E-state index is -2.47. The van der Waals surface area contributed by atoms with E-state index in [9.17, 15) is 13.6 Å². The number of aryl methyl sites for hydroxylation is 1. The summed E-state index contributed by atoms with van der Waals surface area (Å²) in [7, 11) is 0. The number of carbonyl (C=O) groups is 1. The molecular weight excluding hydrogens is 238 g/mol. The van der Waals surface area contributed by atoms with Crippen LogP contribution in [0.2, 0.25) is 0 Å². The highest BCUT2D eigenvalue weighted by atomic mass is 19.3. The number of hydrogen-bond donors (Lipinski definition) is 0. The number of rotatable bonds is 8. The molecule has 0 bridgehead atoms. The van der Waals surface area contributed by atoms with Crippen molar-refractivity contribution in [3.63, 3.8) is 0 Å². The normalized spacial score (nSPS) is 10.9. The molecule has 1 rings (SSSR count). The molecule has 0 aliphatic rings. The summed E-state index contributed by atoms with van der Waals surface area (Å²) >= 11 is 0. The van der Waals surface area contributed by atoms with Gasteiger partial charge >= 0.3 is 0 Å². The van der Waals surface area contributed by atoms with Gasteiger partial charge in [-0.15, -0.1) is 0 Å². The minimum Gasteiger partial charge on any atom is -0.375 e. The third kappa shape index (κ3) is 5.87. The molecule has 0 amide bonds. The Labute approximate surface area is 106 Å². The SMILES string of the molecule is CCc1ccc(CC(=O)CCOCC(F)F)cc1. The van der Waals surface area contributed by atoms with E-state index in [0.717, 1.165) is 12.0 Å². The van der Waals surface area contributed by atoms with Crippen LogP contribution in [-0.4, -0.2) is 25.4 Å². The molecular formula is C14H18F2O2. The maximum Gasteiger partial charge on any atom is 0.261 e. The number of hydrogen-bond acceptors (Lipinski definition) is 2. The molecule has 0 unspecified atom stereocenters. The van der Waals surface area contributed by atoms with Gasteiger partial charge in [-0.05, 0) is 17.5 Å². The van der Waals surface area contributed by atoms with Gasteiger partial charge in [0.25, 0.3) is 6.43 Å². The number of carbonyl (C=O) groups excluding carboxylic acids is 1. The first-order chi connectivity index (χ1) is 8.61. The third-order valence-corrected chi connectivity index (χ3v) is 2.60. The standard InChI is InChI=1S/C14H18F2O2/c1-2-11-3-5-12(6-4-11)9-13(17)7-8-18-10-14(15)16/h3-6,14H,2,7-10H2,1H3. The second-order valence-corrected chi connectivity index (χ2v) is 4.10. The van der Waals surface area contributed by atoms with E-state index in [1.807, 2.05) is 24.3 Å². The van der Waals surface area contributed by atoms with E-state index in [2.05, 4.69) is 11.7 Å². The van der Waals surface area contributed by atoms with Gasteiger partial charge in [-0.3, -0.25) is 4.79 Å². The van der Waals surface area contributed by atoms with Gasteiger partial charge in [0.1, 0.15) is 12.4 Å². The van der Waals surface area contributed by atoms with Gasteiger partial charge in [0.15, 0.2) is 0 Å². The number of halogens is 2. The molecule has 0 saturated carbocycles. The van der Waals surface area contributed by atoms with Crippen LogP contribution in [0.15, 0.2) is 24.3 Å². The maximum absolute atomic E-state index is 11.8. The molecule has 1 aromatic rings. The molecule has 0 radical (unpaired) electrons. The van der Waals surface area contributed by atoms with Crippen molar-refractivity contribution in [1.82, 2.24) is 0 Å². The molecule has 0 saturated heterocycles. The highest BCUT2D eigenvalue weighted by Crippen LogP contribution is 2.07. The lowest BCUT2D eigenvalue weighted by Crippen LogP contribution is -2.10. The monoisotopic (exact) mass is 256 g/mol. The molecule has 100 valence electrons. The van der Waals surface area contributed by atoms with Crippen LogP contribution < -0.4 is 0 Å². The van der Waals surface area contributed by atoms with Crippen molar-refractivity contribution >= 4 is 5.78 Å². The highest BCUT2D eigenvalue weighted by Gasteiger charge is 2.06. The predicted molar refractivity (Wildman–Crippen MR) is 66.0 cm³/mol. The molecule has 0 aromatic heterocycles. The van der Waals surface area contributed by atoms with E-state index in [1.54, 1.807) is 0 Å². The Bertz CT molecular complexity index is 361. The second-order valence-electron chi connectivity index (χ2n) is 4.10. The van der Waals surface area contributed by atoms with Gasteiger partial charge in [-0.2, -0.15) is 0 Å². The molecule has 0 aliphatic carbocycles. The van der Waals surface area contributed by atoms with Crippen molar-refractivity contribution in [1.29, 1.82) is 0 Å². The Morgan fingerprint density at radius 2 is 1.83 bits per heavy atom. The fourth-order valence-corrected chi connectivity index (χ4v) is 1.57. The molecule has 0 atom stereocenters. The molecule has 0 fully saturated rings. The van der Waals surface area contributed by atoms with Gasteiger partial charge in [-0.25, -0.2) is 8.78 Å². The van der Waals surface area contributed by atoms with Crippen LogP contribution in [0.1, 0.15) is 24.5 Å². The van der Waals surface area contributed by atoms with Gasteiger partial charge in [0.2, 0.25) is 0 Å². The average Bonchev–Trinajstić information content (AvgIpc) is 2.35. The van der Waals surface area contributed by atoms with E-state index in [0.29, 0.717) is 6.42 Å². The smallest absolute Gasteiger partial charge is 0.261 e. The van der Waals surface area contributed by atoms with Crippen LogP contribution in [0.4, 0.5) is 8.78 Å². The van der Waals surface area contributed by atoms with Crippen molar-refractivity contribution in [3.05, 3.63) is 35.4 Å². The lowest BCUT2D eigenvalue weighted by molar-refractivity contribution is -0.119. The lowest BCUT2D eigenvalue weighted by atomic mass is 10.0. The topological polar surface area (TPSA) is 26.3 Å². The van der Waals surface area contributed by atoms with Gasteiger partial charge < -0.3 is 4.74 Å². The summed E-state index contributed by atoms with van der Waals surface area (Å²) < 4.78 is 28.2. The van der Waals surface area contributed by atoms with Gasteiger partial charge in [0.05, 0.1) is 6.61 Å². The molecule has 18 heavy (non-hydrogen) atoms. The van der Waals surface area contributed by atoms with Crippen molar-refractivity contribution < 1.29 is 18.3 Å². The summed E-state index contributed by atoms with van der Waals surface area (Å²) in [6, 6.07) is 7.85. The first-order valence-electron chi connectivity index (χ1n) is 6.07. The van der Waals surface area contributed by atoms with Crippen molar-refractivity contribution in [3.8, 4) is 0 Å². The molecule has 0 heterocycles. The summed E-state index contributed by atoms with van der Waals surface area (Å²) in [5.74, 6) is 0.00788. The molecule has 1 aromatic carbocycles. The first-order valence-corrected chi connectivity index (χ1v) is 6.07. The maximum atomic E-state index is 11.8. The van der Waals surface area contributed by atoms with Crippen molar-refractivity contribution in [2.24, 2.45) is 0 Å². The molecule has 0 N–H and O–H groups in total. The zero-order valence-corrected chi connectivity index (χ0v) is 10.5. The zero-order valence-electron chi connectivity index (χ0n) is 10.5. The van der Waals surface area contributed by atoms with Gasteiger partial charge in [0, 0.05) is 12.8 Å².